The second kappa shape index (κ2) is 5.57. The molecule has 0 saturated heterocycles. The Balaban J connectivity index is 0.000000218. The van der Waals surface area contributed by atoms with Gasteiger partial charge >= 0.3 is 0 Å². The number of aliphatic hydroxyl groups excluding tert-OH is 2. The van der Waals surface area contributed by atoms with E-state index in [1.54, 1.807) is 0 Å². The molecule has 1 aliphatic heterocycles. The fraction of sp³-hybridized carbons (Fsp3) is 0.333. The van der Waals surface area contributed by atoms with E-state index in [1.807, 2.05) is 5.32 Å². The molecule has 0 bridgehead atoms. The lowest BCUT2D eigenvalue weighted by atomic mass is 10.6. The zero-order chi connectivity index (χ0) is 8.69. The average Bonchev–Trinajstić information content (AvgIpc) is 2.35. The number of hydrogen-bond acceptors (Lipinski definition) is 4. The van der Waals surface area contributed by atoms with Crippen LogP contribution in [0.4, 0.5) is 0 Å². The highest BCUT2D eigenvalue weighted by atomic mass is 16.3. The van der Waals surface area contributed by atoms with Gasteiger partial charge in [-0.3, -0.25) is 14.9 Å². The van der Waals surface area contributed by atoms with Crippen LogP contribution in [0.25, 0.3) is 0 Å². The lowest BCUT2D eigenvalue weighted by Crippen LogP contribution is -2.19. The van der Waals surface area contributed by atoms with Crippen LogP contribution in [0.15, 0.2) is 12.2 Å². The van der Waals surface area contributed by atoms with Gasteiger partial charge in [-0.25, -0.2) is 0 Å². The van der Waals surface area contributed by atoms with E-state index in [4.69, 9.17) is 10.2 Å². The van der Waals surface area contributed by atoms with Crippen molar-refractivity contribution in [2.24, 2.45) is 0 Å². The van der Waals surface area contributed by atoms with Crippen molar-refractivity contribution in [3.8, 4) is 0 Å². The maximum absolute atomic E-state index is 10.0. The van der Waals surface area contributed by atoms with Gasteiger partial charge in [0.15, 0.2) is 0 Å². The van der Waals surface area contributed by atoms with Crippen molar-refractivity contribution >= 4 is 11.8 Å². The molecule has 0 fully saturated rings. The van der Waals surface area contributed by atoms with E-state index >= 15 is 0 Å². The molecule has 0 aromatic rings. The van der Waals surface area contributed by atoms with E-state index in [9.17, 15) is 9.59 Å². The van der Waals surface area contributed by atoms with E-state index in [1.165, 1.54) is 12.2 Å². The summed E-state index contributed by atoms with van der Waals surface area (Å²) in [5.74, 6) is -0.657. The third kappa shape index (κ3) is 5.25. The summed E-state index contributed by atoms with van der Waals surface area (Å²) in [6, 6.07) is 0. The van der Waals surface area contributed by atoms with Crippen molar-refractivity contribution in [3.63, 3.8) is 0 Å². The summed E-state index contributed by atoms with van der Waals surface area (Å²) in [6.45, 7) is -0.250. The van der Waals surface area contributed by atoms with Crippen molar-refractivity contribution in [3.05, 3.63) is 12.2 Å². The number of rotatable bonds is 1. The van der Waals surface area contributed by atoms with Gasteiger partial charge in [-0.05, 0) is 0 Å². The molecular formula is C6H9NO4. The lowest BCUT2D eigenvalue weighted by Gasteiger charge is -1.80. The van der Waals surface area contributed by atoms with Crippen LogP contribution in [0.3, 0.4) is 0 Å². The standard InChI is InChI=1S/C4H3NO2.C2H6O2/c6-3-1-2-4(7)5-3;3-1-2-4/h1-2H,(H,5,6,7);3-4H,1-2H2. The minimum atomic E-state index is -0.329. The molecule has 0 aliphatic carbocycles. The topological polar surface area (TPSA) is 86.6 Å². The summed E-state index contributed by atoms with van der Waals surface area (Å²) in [5, 5.41) is 17.3. The summed E-state index contributed by atoms with van der Waals surface area (Å²) >= 11 is 0. The van der Waals surface area contributed by atoms with Crippen LogP contribution in [0.1, 0.15) is 0 Å². The molecule has 11 heavy (non-hydrogen) atoms. The third-order valence-corrected chi connectivity index (χ3v) is 0.732. The number of nitrogens with one attached hydrogen (secondary N) is 1. The first-order valence-corrected chi connectivity index (χ1v) is 2.95. The van der Waals surface area contributed by atoms with Crippen LogP contribution < -0.4 is 5.32 Å². The van der Waals surface area contributed by atoms with Gasteiger partial charge in [-0.1, -0.05) is 0 Å². The first-order chi connectivity index (χ1) is 5.20. The smallest absolute Gasteiger partial charge is 0.250 e. The molecule has 1 heterocycles. The van der Waals surface area contributed by atoms with Gasteiger partial charge in [0, 0.05) is 12.2 Å². The number of imide groups is 1. The van der Waals surface area contributed by atoms with Gasteiger partial charge in [0.25, 0.3) is 11.8 Å². The monoisotopic (exact) mass is 159 g/mol. The molecule has 0 aromatic carbocycles. The zero-order valence-corrected chi connectivity index (χ0v) is 5.78. The van der Waals surface area contributed by atoms with Crippen LogP contribution in [-0.2, 0) is 9.59 Å². The van der Waals surface area contributed by atoms with Gasteiger partial charge in [0.05, 0.1) is 13.2 Å². The molecule has 1 aliphatic rings. The summed E-state index contributed by atoms with van der Waals surface area (Å²) in [5.41, 5.74) is 0. The summed E-state index contributed by atoms with van der Waals surface area (Å²) in [4.78, 5) is 20.1. The maximum atomic E-state index is 10.0. The van der Waals surface area contributed by atoms with Crippen LogP contribution in [0.2, 0.25) is 0 Å². The molecule has 0 unspecified atom stereocenters. The van der Waals surface area contributed by atoms with E-state index in [2.05, 4.69) is 0 Å². The first-order valence-electron chi connectivity index (χ1n) is 2.95. The number of carbonyl (C=O) groups is 2. The highest BCUT2D eigenvalue weighted by Gasteiger charge is 2.06. The summed E-state index contributed by atoms with van der Waals surface area (Å²) < 4.78 is 0. The van der Waals surface area contributed by atoms with Crippen LogP contribution in [-0.4, -0.2) is 35.2 Å². The molecule has 1 rings (SSSR count). The fourth-order valence-corrected chi connectivity index (χ4v) is 0.356. The third-order valence-electron chi connectivity index (χ3n) is 0.732. The molecule has 62 valence electrons. The normalized spacial score (nSPS) is 14.0. The number of hydrogen-bond donors (Lipinski definition) is 3. The SMILES string of the molecule is O=C1C=CC(=O)N1.OCCO. The average molecular weight is 159 g/mol. The Morgan fingerprint density at radius 2 is 1.45 bits per heavy atom. The number of carbonyl (C=O) groups excluding carboxylic acids is 2. The Hall–Kier alpha value is -1.20. The Kier molecular flexibility index (Phi) is 4.97. The van der Waals surface area contributed by atoms with Crippen molar-refractivity contribution in [2.75, 3.05) is 13.2 Å². The largest absolute Gasteiger partial charge is 0.394 e. The molecule has 0 aromatic heterocycles. The minimum Gasteiger partial charge on any atom is -0.394 e. The molecule has 5 heteroatoms. The van der Waals surface area contributed by atoms with E-state index < -0.39 is 0 Å². The Labute approximate surface area is 63.3 Å². The van der Waals surface area contributed by atoms with Crippen molar-refractivity contribution < 1.29 is 19.8 Å². The van der Waals surface area contributed by atoms with E-state index in [0.29, 0.717) is 0 Å². The van der Waals surface area contributed by atoms with Crippen molar-refractivity contribution in [1.29, 1.82) is 0 Å². The summed E-state index contributed by atoms with van der Waals surface area (Å²) in [7, 11) is 0. The van der Waals surface area contributed by atoms with Gasteiger partial charge in [0.1, 0.15) is 0 Å². The molecule has 0 radical (unpaired) electrons. The Bertz CT molecular complexity index is 157. The molecule has 5 nitrogen and oxygen atoms in total. The van der Waals surface area contributed by atoms with E-state index in [0.717, 1.165) is 0 Å². The number of aliphatic hydroxyl groups is 2. The lowest BCUT2D eigenvalue weighted by molar-refractivity contribution is -0.123. The molecule has 0 spiro atoms. The van der Waals surface area contributed by atoms with Crippen LogP contribution in [0.5, 0.6) is 0 Å². The van der Waals surface area contributed by atoms with Crippen LogP contribution in [0, 0.1) is 0 Å². The molecule has 0 saturated carbocycles. The Morgan fingerprint density at radius 3 is 1.55 bits per heavy atom. The van der Waals surface area contributed by atoms with Gasteiger partial charge in [0.2, 0.25) is 0 Å². The predicted octanol–water partition coefficient (Wildman–Crippen LogP) is -1.83. The second-order valence-electron chi connectivity index (χ2n) is 1.63. The highest BCUT2D eigenvalue weighted by Crippen LogP contribution is 1.82. The van der Waals surface area contributed by atoms with Crippen molar-refractivity contribution in [2.45, 2.75) is 0 Å². The molecule has 3 N–H and O–H groups in total. The first kappa shape index (κ1) is 9.80. The van der Waals surface area contributed by atoms with Gasteiger partial charge < -0.3 is 10.2 Å². The predicted molar refractivity (Wildman–Crippen MR) is 36.5 cm³/mol. The van der Waals surface area contributed by atoms with Crippen molar-refractivity contribution in [1.82, 2.24) is 5.32 Å². The molecule has 2 amide bonds. The van der Waals surface area contributed by atoms with Crippen LogP contribution >= 0.6 is 0 Å². The Morgan fingerprint density at radius 1 is 1.09 bits per heavy atom. The highest BCUT2D eigenvalue weighted by molar-refractivity contribution is 6.12. The van der Waals surface area contributed by atoms with Gasteiger partial charge in [-0.2, -0.15) is 0 Å². The fourth-order valence-electron chi connectivity index (χ4n) is 0.356. The van der Waals surface area contributed by atoms with E-state index in [-0.39, 0.29) is 25.0 Å². The maximum Gasteiger partial charge on any atom is 0.250 e. The summed E-state index contributed by atoms with van der Waals surface area (Å²) in [6.07, 6.45) is 2.39. The zero-order valence-electron chi connectivity index (χ0n) is 5.78. The minimum absolute atomic E-state index is 0.125. The number of amides is 2. The van der Waals surface area contributed by atoms with Gasteiger partial charge in [-0.15, -0.1) is 0 Å². The second-order valence-corrected chi connectivity index (χ2v) is 1.63. The molecule has 0 atom stereocenters. The molecular weight excluding hydrogens is 150 g/mol. The quantitative estimate of drug-likeness (QED) is 0.393.